The van der Waals surface area contributed by atoms with Gasteiger partial charge in [-0.1, -0.05) is 24.3 Å². The van der Waals surface area contributed by atoms with Crippen LogP contribution in [0, 0.1) is 11.6 Å². The highest BCUT2D eigenvalue weighted by atomic mass is 19.1. The lowest BCUT2D eigenvalue weighted by Gasteiger charge is -2.40. The van der Waals surface area contributed by atoms with Gasteiger partial charge >= 0.3 is 0 Å². The first-order valence-corrected chi connectivity index (χ1v) is 13.3. The molecule has 39 heavy (non-hydrogen) atoms. The molecule has 200 valence electrons. The number of nitrogens with zero attached hydrogens (tertiary/aromatic N) is 4. The molecule has 3 aromatic carbocycles. The number of nitrogens with one attached hydrogen (secondary N) is 1. The first-order chi connectivity index (χ1) is 19.0. The van der Waals surface area contributed by atoms with Gasteiger partial charge in [-0.15, -0.1) is 0 Å². The molecular weight excluding hydrogens is 496 g/mol. The van der Waals surface area contributed by atoms with Crippen LogP contribution in [0.4, 0.5) is 8.78 Å². The number of halogens is 2. The lowest BCUT2D eigenvalue weighted by molar-refractivity contribution is 0.103. The Bertz CT molecular complexity index is 1380. The van der Waals surface area contributed by atoms with Gasteiger partial charge in [-0.25, -0.2) is 13.8 Å². The topological polar surface area (TPSA) is 58.6 Å². The molecule has 0 saturated carbocycles. The number of H-pyrrole nitrogens is 1. The normalized spacial score (nSPS) is 16.1. The van der Waals surface area contributed by atoms with Crippen molar-refractivity contribution in [2.24, 2.45) is 0 Å². The van der Waals surface area contributed by atoms with E-state index in [2.05, 4.69) is 25.9 Å². The zero-order valence-electron chi connectivity index (χ0n) is 21.6. The largest absolute Gasteiger partial charge is 0.508 e. The molecule has 2 aliphatic rings. The van der Waals surface area contributed by atoms with Gasteiger partial charge in [0.2, 0.25) is 0 Å². The fraction of sp³-hybridized carbons (Fsp3) is 0.258. The van der Waals surface area contributed by atoms with E-state index in [9.17, 15) is 13.9 Å². The predicted octanol–water partition coefficient (Wildman–Crippen LogP) is 5.25. The summed E-state index contributed by atoms with van der Waals surface area (Å²) >= 11 is 0. The average molecular weight is 528 g/mol. The minimum atomic E-state index is -0.257. The number of phenolic OH excluding ortho intramolecular Hbond substituents is 1. The van der Waals surface area contributed by atoms with Crippen molar-refractivity contribution >= 4 is 6.08 Å². The molecule has 0 atom stereocenters. The molecule has 1 fully saturated rings. The van der Waals surface area contributed by atoms with E-state index in [1.54, 1.807) is 12.1 Å². The number of imidazole rings is 1. The Morgan fingerprint density at radius 1 is 0.795 bits per heavy atom. The third-order valence-corrected chi connectivity index (χ3v) is 7.60. The zero-order valence-corrected chi connectivity index (χ0v) is 21.6. The monoisotopic (exact) mass is 527 g/mol. The summed E-state index contributed by atoms with van der Waals surface area (Å²) in [4.78, 5) is 15.3. The first kappa shape index (κ1) is 25.3. The number of hydrogen-bond donors (Lipinski definition) is 2. The number of aromatic hydroxyl groups is 1. The molecule has 1 aromatic heterocycles. The van der Waals surface area contributed by atoms with Gasteiger partial charge in [-0.3, -0.25) is 9.80 Å². The van der Waals surface area contributed by atoms with Gasteiger partial charge in [0.25, 0.3) is 0 Å². The molecule has 0 bridgehead atoms. The predicted molar refractivity (Wildman–Crippen MR) is 148 cm³/mol. The van der Waals surface area contributed by atoms with Crippen molar-refractivity contribution in [2.45, 2.75) is 12.6 Å². The van der Waals surface area contributed by atoms with Gasteiger partial charge in [0.15, 0.2) is 0 Å². The van der Waals surface area contributed by atoms with Gasteiger partial charge in [-0.05, 0) is 65.7 Å². The van der Waals surface area contributed by atoms with Crippen LogP contribution in [-0.4, -0.2) is 69.0 Å². The molecule has 0 radical (unpaired) electrons. The third-order valence-electron chi connectivity index (χ3n) is 7.60. The molecule has 3 heterocycles. The van der Waals surface area contributed by atoms with Crippen molar-refractivity contribution in [2.75, 3.05) is 39.3 Å². The van der Waals surface area contributed by atoms with E-state index in [1.807, 2.05) is 42.5 Å². The van der Waals surface area contributed by atoms with Crippen molar-refractivity contribution in [3.63, 3.8) is 0 Å². The molecule has 4 aromatic rings. The molecule has 0 amide bonds. The van der Waals surface area contributed by atoms with E-state index in [1.165, 1.54) is 24.3 Å². The molecule has 8 heteroatoms. The number of benzene rings is 3. The Morgan fingerprint density at radius 3 is 2.03 bits per heavy atom. The van der Waals surface area contributed by atoms with Crippen LogP contribution in [0.5, 0.6) is 5.75 Å². The molecule has 0 unspecified atom stereocenters. The van der Waals surface area contributed by atoms with Crippen LogP contribution in [0.15, 0.2) is 79.0 Å². The second-order valence-electron chi connectivity index (χ2n) is 10.2. The fourth-order valence-corrected chi connectivity index (χ4v) is 5.44. The maximum atomic E-state index is 13.6. The molecular formula is C31H31F2N5O. The molecule has 1 saturated heterocycles. The van der Waals surface area contributed by atoms with Gasteiger partial charge < -0.3 is 15.0 Å². The molecule has 0 aliphatic carbocycles. The number of aromatic amines is 1. The highest BCUT2D eigenvalue weighted by Crippen LogP contribution is 2.30. The smallest absolute Gasteiger partial charge is 0.138 e. The van der Waals surface area contributed by atoms with E-state index in [0.717, 1.165) is 79.7 Å². The van der Waals surface area contributed by atoms with Crippen LogP contribution in [0.3, 0.4) is 0 Å². The maximum Gasteiger partial charge on any atom is 0.138 e. The summed E-state index contributed by atoms with van der Waals surface area (Å²) in [6, 6.07) is 20.3. The minimum Gasteiger partial charge on any atom is -0.508 e. The zero-order chi connectivity index (χ0) is 26.8. The minimum absolute atomic E-state index is 0.0417. The van der Waals surface area contributed by atoms with Crippen LogP contribution in [-0.2, 0) is 6.54 Å². The second-order valence-corrected chi connectivity index (χ2v) is 10.2. The summed E-state index contributed by atoms with van der Waals surface area (Å²) in [6.45, 7) is 6.22. The number of phenols is 1. The number of piperazine rings is 1. The highest BCUT2D eigenvalue weighted by Gasteiger charge is 2.27. The van der Waals surface area contributed by atoms with Crippen molar-refractivity contribution in [1.82, 2.24) is 24.7 Å². The number of aromatic nitrogens is 2. The fourth-order valence-electron chi connectivity index (χ4n) is 5.44. The first-order valence-electron chi connectivity index (χ1n) is 13.3. The molecule has 2 aliphatic heterocycles. The number of rotatable bonds is 7. The summed E-state index contributed by atoms with van der Waals surface area (Å²) in [5.74, 6) is 0.530. The van der Waals surface area contributed by atoms with Crippen molar-refractivity contribution in [3.8, 4) is 17.1 Å². The second kappa shape index (κ2) is 11.0. The summed E-state index contributed by atoms with van der Waals surface area (Å²) in [5, 5.41) is 9.55. The van der Waals surface area contributed by atoms with Crippen LogP contribution in [0.2, 0.25) is 0 Å². The summed E-state index contributed by atoms with van der Waals surface area (Å²) in [6.07, 6.45) is 4.16. The number of hydrogen-bond acceptors (Lipinski definition) is 5. The van der Waals surface area contributed by atoms with Crippen LogP contribution >= 0.6 is 0 Å². The third kappa shape index (κ3) is 5.72. The Hall–Kier alpha value is -4.01. The standard InChI is InChI=1S/C31H31F2N5O/c32-25-7-1-22(2-8-25)30(23-3-9-26(33)10-4-23)38-19-17-36(18-20-38)15-16-37-14-13-28-29(21-37)35-31(34-28)24-5-11-27(39)12-6-24/h1-14,30,39H,15-21H2,(H,34,35). The SMILES string of the molecule is Oc1ccc(-c2nc3c([nH]2)CN(CCN2CCN(C(c4ccc(F)cc4)c4ccc(F)cc4)CC2)C=C3)cc1. The Morgan fingerprint density at radius 2 is 1.41 bits per heavy atom. The Balaban J connectivity index is 1.05. The lowest BCUT2D eigenvalue weighted by Crippen LogP contribution is -2.49. The van der Waals surface area contributed by atoms with Gasteiger partial charge in [0.05, 0.1) is 24.0 Å². The Labute approximate surface area is 226 Å². The van der Waals surface area contributed by atoms with Crippen molar-refractivity contribution in [3.05, 3.63) is 113 Å². The highest BCUT2D eigenvalue weighted by molar-refractivity contribution is 5.61. The summed E-state index contributed by atoms with van der Waals surface area (Å²) in [5.41, 5.74) is 5.01. The Kier molecular flexibility index (Phi) is 7.13. The summed E-state index contributed by atoms with van der Waals surface area (Å²) < 4.78 is 27.2. The van der Waals surface area contributed by atoms with Crippen molar-refractivity contribution in [1.29, 1.82) is 0 Å². The van der Waals surface area contributed by atoms with Crippen LogP contribution in [0.25, 0.3) is 17.5 Å². The van der Waals surface area contributed by atoms with Crippen LogP contribution < -0.4 is 0 Å². The van der Waals surface area contributed by atoms with E-state index in [-0.39, 0.29) is 23.4 Å². The van der Waals surface area contributed by atoms with E-state index in [0.29, 0.717) is 0 Å². The quantitative estimate of drug-likeness (QED) is 0.344. The van der Waals surface area contributed by atoms with Gasteiger partial charge in [0, 0.05) is 51.0 Å². The maximum absolute atomic E-state index is 13.6. The summed E-state index contributed by atoms with van der Waals surface area (Å²) in [7, 11) is 0. The molecule has 6 rings (SSSR count). The van der Waals surface area contributed by atoms with Crippen LogP contribution in [0.1, 0.15) is 28.6 Å². The molecule has 2 N–H and O–H groups in total. The van der Waals surface area contributed by atoms with E-state index >= 15 is 0 Å². The molecule has 0 spiro atoms. The number of fused-ring (bicyclic) bond motifs is 1. The molecule has 6 nitrogen and oxygen atoms in total. The average Bonchev–Trinajstić information content (AvgIpc) is 3.39. The van der Waals surface area contributed by atoms with Crippen molar-refractivity contribution < 1.29 is 13.9 Å². The lowest BCUT2D eigenvalue weighted by atomic mass is 9.96. The van der Waals surface area contributed by atoms with Gasteiger partial charge in [-0.2, -0.15) is 0 Å². The van der Waals surface area contributed by atoms with E-state index < -0.39 is 0 Å². The van der Waals surface area contributed by atoms with Gasteiger partial charge in [0.1, 0.15) is 23.2 Å². The van der Waals surface area contributed by atoms with E-state index in [4.69, 9.17) is 4.98 Å².